The van der Waals surface area contributed by atoms with E-state index in [4.69, 9.17) is 18.1 Å². The molecular weight excluding hydrogens is 460 g/mol. The van der Waals surface area contributed by atoms with Gasteiger partial charge in [0.1, 0.15) is 0 Å². The van der Waals surface area contributed by atoms with Gasteiger partial charge >= 0.3 is 146 Å². The van der Waals surface area contributed by atoms with Crippen molar-refractivity contribution in [2.75, 3.05) is 38.8 Å². The summed E-state index contributed by atoms with van der Waals surface area (Å²) in [5.74, 6) is 0. The summed E-state index contributed by atoms with van der Waals surface area (Å²) in [5.41, 5.74) is 0. The third kappa shape index (κ3) is 11.0. The maximum atomic E-state index is 12.3. The van der Waals surface area contributed by atoms with Crippen LogP contribution in [-0.4, -0.2) is 65.0 Å². The third-order valence-corrected chi connectivity index (χ3v) is 15.1. The topological polar surface area (TPSA) is 71.1 Å². The molecule has 0 aromatic rings. The van der Waals surface area contributed by atoms with Gasteiger partial charge in [-0.3, -0.25) is 0 Å². The fourth-order valence-electron chi connectivity index (χ4n) is 1.54. The van der Waals surface area contributed by atoms with E-state index >= 15 is 0 Å². The predicted molar refractivity (Wildman–Crippen MR) is 92.6 cm³/mol. The average Bonchev–Trinajstić information content (AvgIpc) is 2.44. The van der Waals surface area contributed by atoms with Gasteiger partial charge < -0.3 is 0 Å². The minimum atomic E-state index is -2.90. The van der Waals surface area contributed by atoms with Crippen molar-refractivity contribution < 1.29 is 27.2 Å². The van der Waals surface area contributed by atoms with Gasteiger partial charge in [0.05, 0.1) is 0 Å². The monoisotopic (exact) mass is 490 g/mol. The first kappa shape index (κ1) is 23.3. The van der Waals surface area contributed by atoms with Gasteiger partial charge in [-0.05, 0) is 0 Å². The molecule has 0 aromatic heterocycles. The quantitative estimate of drug-likeness (QED) is 0.199. The fourth-order valence-corrected chi connectivity index (χ4v) is 16.1. The third-order valence-electron chi connectivity index (χ3n) is 2.28. The second kappa shape index (κ2) is 13.6. The van der Waals surface area contributed by atoms with Crippen LogP contribution in [0.1, 0.15) is 27.7 Å². The zero-order valence-corrected chi connectivity index (χ0v) is 19.0. The van der Waals surface area contributed by atoms with Gasteiger partial charge in [-0.25, -0.2) is 0 Å². The summed E-state index contributed by atoms with van der Waals surface area (Å²) in [6, 6.07) is 0. The molecule has 0 aliphatic heterocycles. The van der Waals surface area contributed by atoms with Crippen LogP contribution in [0.3, 0.4) is 0 Å². The van der Waals surface area contributed by atoms with E-state index in [1.807, 2.05) is 27.7 Å². The number of hydrogen-bond acceptors (Lipinski definition) is 6. The van der Waals surface area contributed by atoms with Crippen LogP contribution in [0.15, 0.2) is 0 Å². The molecule has 0 spiro atoms. The molecule has 0 heterocycles. The molecule has 0 radical (unpaired) electrons. The van der Waals surface area contributed by atoms with Gasteiger partial charge in [0.25, 0.3) is 0 Å². The summed E-state index contributed by atoms with van der Waals surface area (Å²) >= 11 is 0.778. The predicted octanol–water partition coefficient (Wildman–Crippen LogP) is 3.68. The van der Waals surface area contributed by atoms with E-state index in [-0.39, 0.29) is 0 Å². The molecule has 0 atom stereocenters. The standard InChI is InChI=1S/C12H28O6P2Se2/c1-5-15-19(13,16-6-2)9-11-21-22-12-10-20(14,17-7-3)18-8-4/h5-12H2,1-4H3. The van der Waals surface area contributed by atoms with Crippen molar-refractivity contribution in [1.29, 1.82) is 0 Å². The molecule has 0 bridgehead atoms. The van der Waals surface area contributed by atoms with E-state index in [1.165, 1.54) is 0 Å². The Labute approximate surface area is 145 Å². The number of rotatable bonds is 15. The van der Waals surface area contributed by atoms with Crippen molar-refractivity contribution in [3.05, 3.63) is 0 Å². The summed E-state index contributed by atoms with van der Waals surface area (Å²) in [6.45, 7) is 8.89. The Kier molecular flexibility index (Phi) is 14.4. The summed E-state index contributed by atoms with van der Waals surface area (Å²) in [7, 11) is -5.80. The van der Waals surface area contributed by atoms with Crippen LogP contribution in [0, 0.1) is 0 Å². The van der Waals surface area contributed by atoms with Crippen molar-refractivity contribution >= 4 is 41.5 Å². The van der Waals surface area contributed by atoms with Crippen LogP contribution in [-0.2, 0) is 27.2 Å². The molecular formula is C12H28O6P2Se2. The summed E-state index contributed by atoms with van der Waals surface area (Å²) in [5, 5.41) is 1.72. The first-order chi connectivity index (χ1) is 10.4. The molecule has 0 aromatic carbocycles. The van der Waals surface area contributed by atoms with E-state index < -0.39 is 15.2 Å². The van der Waals surface area contributed by atoms with Crippen LogP contribution in [0.2, 0.25) is 10.6 Å². The first-order valence-corrected chi connectivity index (χ1v) is 17.7. The van der Waals surface area contributed by atoms with E-state index in [1.54, 1.807) is 0 Å². The Morgan fingerprint density at radius 1 is 0.636 bits per heavy atom. The molecule has 0 unspecified atom stereocenters. The normalized spacial score (nSPS) is 12.7. The van der Waals surface area contributed by atoms with Crippen LogP contribution in [0.4, 0.5) is 0 Å². The molecule has 22 heavy (non-hydrogen) atoms. The first-order valence-electron chi connectivity index (χ1n) is 7.46. The van der Waals surface area contributed by atoms with Crippen molar-refractivity contribution in [3.63, 3.8) is 0 Å². The molecule has 0 N–H and O–H groups in total. The summed E-state index contributed by atoms with van der Waals surface area (Å²) in [4.78, 5) is 0. The zero-order chi connectivity index (χ0) is 16.9. The summed E-state index contributed by atoms with van der Waals surface area (Å²) in [6.07, 6.45) is 0.954. The van der Waals surface area contributed by atoms with Crippen molar-refractivity contribution in [2.24, 2.45) is 0 Å². The van der Waals surface area contributed by atoms with Gasteiger partial charge in [0, 0.05) is 0 Å². The van der Waals surface area contributed by atoms with Crippen LogP contribution >= 0.6 is 15.2 Å². The van der Waals surface area contributed by atoms with Gasteiger partial charge in [0.2, 0.25) is 0 Å². The van der Waals surface area contributed by atoms with Gasteiger partial charge in [-0.15, -0.1) is 0 Å². The Morgan fingerprint density at radius 3 is 1.14 bits per heavy atom. The Bertz CT molecular complexity index is 316. The van der Waals surface area contributed by atoms with E-state index in [2.05, 4.69) is 0 Å². The van der Waals surface area contributed by atoms with Gasteiger partial charge in [-0.1, -0.05) is 0 Å². The second-order valence-electron chi connectivity index (χ2n) is 3.98. The minimum absolute atomic E-state index is 0.389. The van der Waals surface area contributed by atoms with E-state index in [0.29, 0.717) is 65.0 Å². The molecule has 0 rings (SSSR count). The Balaban J connectivity index is 3.96. The molecule has 6 nitrogen and oxygen atoms in total. The summed E-state index contributed by atoms with van der Waals surface area (Å²) < 4.78 is 45.6. The second-order valence-corrected chi connectivity index (χ2v) is 16.2. The molecule has 134 valence electrons. The molecule has 0 saturated heterocycles. The van der Waals surface area contributed by atoms with Crippen LogP contribution < -0.4 is 0 Å². The van der Waals surface area contributed by atoms with Crippen LogP contribution in [0.25, 0.3) is 0 Å². The maximum absolute atomic E-state index is 12.3. The zero-order valence-electron chi connectivity index (χ0n) is 13.8. The van der Waals surface area contributed by atoms with Crippen LogP contribution in [0.5, 0.6) is 0 Å². The molecule has 0 saturated carbocycles. The SMILES string of the molecule is CCOP(=O)(CC[Se][Se]CCP(=O)(OCC)OCC)OCC. The average molecular weight is 488 g/mol. The Hall–Kier alpha value is 1.34. The van der Waals surface area contributed by atoms with E-state index in [9.17, 15) is 9.13 Å². The fraction of sp³-hybridized carbons (Fsp3) is 1.00. The van der Waals surface area contributed by atoms with Crippen molar-refractivity contribution in [3.8, 4) is 0 Å². The Morgan fingerprint density at radius 2 is 0.909 bits per heavy atom. The molecule has 10 heteroatoms. The van der Waals surface area contributed by atoms with Gasteiger partial charge in [0.15, 0.2) is 0 Å². The molecule has 0 aliphatic rings. The van der Waals surface area contributed by atoms with Crippen molar-refractivity contribution in [1.82, 2.24) is 0 Å². The number of hydrogen-bond donors (Lipinski definition) is 0. The van der Waals surface area contributed by atoms with Crippen molar-refractivity contribution in [2.45, 2.75) is 38.3 Å². The molecule has 0 aliphatic carbocycles. The molecule has 0 amide bonds. The molecule has 0 fully saturated rings. The van der Waals surface area contributed by atoms with Gasteiger partial charge in [-0.2, -0.15) is 0 Å². The van der Waals surface area contributed by atoms with E-state index in [0.717, 1.165) is 10.6 Å².